The molecule has 1 heteroatoms. The molecule has 0 amide bonds. The quantitative estimate of drug-likeness (QED) is 0.705. The summed E-state index contributed by atoms with van der Waals surface area (Å²) in [7, 11) is 0. The molecule has 0 N–H and O–H groups in total. The van der Waals surface area contributed by atoms with E-state index in [1.807, 2.05) is 6.07 Å². The molecule has 1 aromatic rings. The highest BCUT2D eigenvalue weighted by Gasteiger charge is 2.08. The van der Waals surface area contributed by atoms with Crippen LogP contribution in [0.4, 0.5) is 0 Å². The molecule has 0 heterocycles. The number of ether oxygens (including phenoxy) is 1. The van der Waals surface area contributed by atoms with E-state index in [4.69, 9.17) is 4.74 Å². The molecule has 78 valence electrons. The topological polar surface area (TPSA) is 9.23 Å². The van der Waals surface area contributed by atoms with Crippen molar-refractivity contribution in [3.05, 3.63) is 29.3 Å². The fourth-order valence-electron chi connectivity index (χ4n) is 1.64. The Bertz CT molecular complexity index is 300. The standard InChI is InChI=1S/C13H20O/c1-9(2)12-7-6-8-13(11(12)5)14-10(3)4/h6-10H,1-5H3. The summed E-state index contributed by atoms with van der Waals surface area (Å²) in [5.74, 6) is 1.58. The molecule has 0 aliphatic carbocycles. The lowest BCUT2D eigenvalue weighted by molar-refractivity contribution is 0.240. The molecule has 1 nitrogen and oxygen atoms in total. The molecule has 0 saturated heterocycles. The van der Waals surface area contributed by atoms with Crippen LogP contribution < -0.4 is 4.74 Å². The van der Waals surface area contributed by atoms with E-state index >= 15 is 0 Å². The molecule has 0 spiro atoms. The molecular weight excluding hydrogens is 172 g/mol. The van der Waals surface area contributed by atoms with E-state index in [9.17, 15) is 0 Å². The smallest absolute Gasteiger partial charge is 0.122 e. The zero-order valence-corrected chi connectivity index (χ0v) is 9.79. The Balaban J connectivity index is 3.01. The maximum absolute atomic E-state index is 5.74. The van der Waals surface area contributed by atoms with Crippen molar-refractivity contribution in [3.63, 3.8) is 0 Å². The summed E-state index contributed by atoms with van der Waals surface area (Å²) in [5, 5.41) is 0. The monoisotopic (exact) mass is 192 g/mol. The van der Waals surface area contributed by atoms with Crippen LogP contribution in [0.1, 0.15) is 44.7 Å². The molecule has 0 fully saturated rings. The molecule has 0 radical (unpaired) electrons. The fraction of sp³-hybridized carbons (Fsp3) is 0.538. The maximum atomic E-state index is 5.74. The van der Waals surface area contributed by atoms with Crippen molar-refractivity contribution in [1.29, 1.82) is 0 Å². The number of benzene rings is 1. The van der Waals surface area contributed by atoms with Gasteiger partial charge in [0.1, 0.15) is 5.75 Å². The fourth-order valence-corrected chi connectivity index (χ4v) is 1.64. The van der Waals surface area contributed by atoms with Crippen molar-refractivity contribution in [2.45, 2.75) is 46.6 Å². The molecule has 0 bridgehead atoms. The van der Waals surface area contributed by atoms with Crippen LogP contribution in [0.5, 0.6) is 5.75 Å². The third kappa shape index (κ3) is 2.50. The van der Waals surface area contributed by atoms with Crippen LogP contribution in [-0.4, -0.2) is 6.10 Å². The van der Waals surface area contributed by atoms with E-state index in [-0.39, 0.29) is 6.10 Å². The van der Waals surface area contributed by atoms with Crippen LogP contribution in [0.3, 0.4) is 0 Å². The van der Waals surface area contributed by atoms with Crippen molar-refractivity contribution in [2.75, 3.05) is 0 Å². The van der Waals surface area contributed by atoms with Crippen molar-refractivity contribution < 1.29 is 4.74 Å². The molecule has 0 aliphatic rings. The highest BCUT2D eigenvalue weighted by molar-refractivity contribution is 5.40. The first-order valence-corrected chi connectivity index (χ1v) is 5.28. The second-order valence-electron chi connectivity index (χ2n) is 4.29. The largest absolute Gasteiger partial charge is 0.491 e. The predicted molar refractivity (Wildman–Crippen MR) is 61.0 cm³/mol. The van der Waals surface area contributed by atoms with Gasteiger partial charge in [0, 0.05) is 0 Å². The first-order chi connectivity index (χ1) is 6.52. The molecular formula is C13H20O. The second kappa shape index (κ2) is 4.50. The third-order valence-electron chi connectivity index (χ3n) is 2.31. The minimum absolute atomic E-state index is 0.246. The van der Waals surface area contributed by atoms with E-state index in [1.165, 1.54) is 11.1 Å². The van der Waals surface area contributed by atoms with Crippen molar-refractivity contribution in [2.24, 2.45) is 0 Å². The van der Waals surface area contributed by atoms with Gasteiger partial charge in [0.25, 0.3) is 0 Å². The van der Waals surface area contributed by atoms with Gasteiger partial charge in [-0.2, -0.15) is 0 Å². The summed E-state index contributed by atoms with van der Waals surface area (Å²) >= 11 is 0. The molecule has 0 aromatic heterocycles. The van der Waals surface area contributed by atoms with Gasteiger partial charge in [-0.15, -0.1) is 0 Å². The summed E-state index contributed by atoms with van der Waals surface area (Å²) in [6.45, 7) is 10.7. The lowest BCUT2D eigenvalue weighted by Gasteiger charge is -2.16. The van der Waals surface area contributed by atoms with Gasteiger partial charge in [0.2, 0.25) is 0 Å². The Hall–Kier alpha value is -0.980. The lowest BCUT2D eigenvalue weighted by Crippen LogP contribution is -2.07. The van der Waals surface area contributed by atoms with Gasteiger partial charge in [0.05, 0.1) is 6.10 Å². The summed E-state index contributed by atoms with van der Waals surface area (Å²) in [4.78, 5) is 0. The van der Waals surface area contributed by atoms with E-state index in [0.29, 0.717) is 5.92 Å². The van der Waals surface area contributed by atoms with Gasteiger partial charge >= 0.3 is 0 Å². The zero-order valence-electron chi connectivity index (χ0n) is 9.79. The highest BCUT2D eigenvalue weighted by Crippen LogP contribution is 2.27. The molecule has 0 saturated carbocycles. The Kier molecular flexibility index (Phi) is 3.56. The summed E-state index contributed by atoms with van der Waals surface area (Å²) in [6.07, 6.45) is 0.246. The Labute approximate surface area is 87.1 Å². The Morgan fingerprint density at radius 3 is 2.21 bits per heavy atom. The van der Waals surface area contributed by atoms with Crippen LogP contribution in [0, 0.1) is 6.92 Å². The minimum atomic E-state index is 0.246. The molecule has 0 unspecified atom stereocenters. The summed E-state index contributed by atoms with van der Waals surface area (Å²) in [6, 6.07) is 6.29. The van der Waals surface area contributed by atoms with E-state index in [2.05, 4.69) is 46.8 Å². The van der Waals surface area contributed by atoms with Gasteiger partial charge < -0.3 is 4.74 Å². The number of hydrogen-bond donors (Lipinski definition) is 0. The van der Waals surface area contributed by atoms with Crippen LogP contribution in [0.25, 0.3) is 0 Å². The normalized spacial score (nSPS) is 11.1. The average Bonchev–Trinajstić information content (AvgIpc) is 2.07. The predicted octanol–water partition coefficient (Wildman–Crippen LogP) is 3.91. The zero-order chi connectivity index (χ0) is 10.7. The molecule has 1 rings (SSSR count). The van der Waals surface area contributed by atoms with Crippen LogP contribution in [0.2, 0.25) is 0 Å². The maximum Gasteiger partial charge on any atom is 0.122 e. The molecule has 14 heavy (non-hydrogen) atoms. The van der Waals surface area contributed by atoms with Gasteiger partial charge in [-0.05, 0) is 43.9 Å². The van der Waals surface area contributed by atoms with Crippen molar-refractivity contribution >= 4 is 0 Å². The lowest BCUT2D eigenvalue weighted by atomic mass is 9.97. The number of hydrogen-bond acceptors (Lipinski definition) is 1. The van der Waals surface area contributed by atoms with Crippen molar-refractivity contribution in [1.82, 2.24) is 0 Å². The SMILES string of the molecule is Cc1c(OC(C)C)cccc1C(C)C. The average molecular weight is 192 g/mol. The van der Waals surface area contributed by atoms with Gasteiger partial charge in [-0.1, -0.05) is 26.0 Å². The van der Waals surface area contributed by atoms with Crippen LogP contribution in [0.15, 0.2) is 18.2 Å². The van der Waals surface area contributed by atoms with Gasteiger partial charge in [-0.3, -0.25) is 0 Å². The summed E-state index contributed by atoms with van der Waals surface area (Å²) < 4.78 is 5.74. The summed E-state index contributed by atoms with van der Waals surface area (Å²) in [5.41, 5.74) is 2.65. The molecule has 1 aromatic carbocycles. The second-order valence-corrected chi connectivity index (χ2v) is 4.29. The van der Waals surface area contributed by atoms with Crippen molar-refractivity contribution in [3.8, 4) is 5.75 Å². The Morgan fingerprint density at radius 2 is 1.71 bits per heavy atom. The van der Waals surface area contributed by atoms with Gasteiger partial charge in [0.15, 0.2) is 0 Å². The minimum Gasteiger partial charge on any atom is -0.491 e. The molecule has 0 aliphatic heterocycles. The van der Waals surface area contributed by atoms with E-state index < -0.39 is 0 Å². The first kappa shape index (κ1) is 11.1. The van der Waals surface area contributed by atoms with Crippen LogP contribution in [-0.2, 0) is 0 Å². The first-order valence-electron chi connectivity index (χ1n) is 5.28. The van der Waals surface area contributed by atoms with Gasteiger partial charge in [-0.25, -0.2) is 0 Å². The highest BCUT2D eigenvalue weighted by atomic mass is 16.5. The van der Waals surface area contributed by atoms with E-state index in [1.54, 1.807) is 0 Å². The van der Waals surface area contributed by atoms with Crippen LogP contribution >= 0.6 is 0 Å². The number of rotatable bonds is 3. The molecule has 0 atom stereocenters. The third-order valence-corrected chi connectivity index (χ3v) is 2.31. The van der Waals surface area contributed by atoms with E-state index in [0.717, 1.165) is 5.75 Å². The Morgan fingerprint density at radius 1 is 1.07 bits per heavy atom.